The summed E-state index contributed by atoms with van der Waals surface area (Å²) in [4.78, 5) is 45.9. The van der Waals surface area contributed by atoms with E-state index in [1.807, 2.05) is 13.8 Å². The first kappa shape index (κ1) is 38.3. The van der Waals surface area contributed by atoms with E-state index in [0.717, 1.165) is 11.2 Å². The van der Waals surface area contributed by atoms with Gasteiger partial charge in [0.2, 0.25) is 0 Å². The molecule has 3 atom stereocenters. The number of carbonyl (C=O) groups is 3. The fourth-order valence-corrected chi connectivity index (χ4v) is 5.04. The number of sulfone groups is 1. The van der Waals surface area contributed by atoms with Gasteiger partial charge in [0.1, 0.15) is 17.4 Å². The number of nitrogens with one attached hydrogen (secondary N) is 1. The van der Waals surface area contributed by atoms with E-state index in [4.69, 9.17) is 30.5 Å². The van der Waals surface area contributed by atoms with Gasteiger partial charge in [-0.1, -0.05) is 53.1 Å². The molecule has 16 heteroatoms. The zero-order valence-electron chi connectivity index (χ0n) is 29.0. The molecule has 0 aliphatic carbocycles. The van der Waals surface area contributed by atoms with Gasteiger partial charge in [-0.25, -0.2) is 32.2 Å². The van der Waals surface area contributed by atoms with E-state index in [2.05, 4.69) is 15.4 Å². The van der Waals surface area contributed by atoms with E-state index >= 15 is 0 Å². The minimum Gasteiger partial charge on any atom is -0.495 e. The van der Waals surface area contributed by atoms with Crippen LogP contribution in [-0.2, 0) is 28.8 Å². The third-order valence-corrected chi connectivity index (χ3v) is 8.51. The Balaban J connectivity index is 2.08. The fraction of sp³-hybridized carbons (Fsp3) is 0.531. The van der Waals surface area contributed by atoms with Crippen molar-refractivity contribution in [1.29, 1.82) is 0 Å². The van der Waals surface area contributed by atoms with Crippen LogP contribution in [0.4, 0.5) is 21.2 Å². The van der Waals surface area contributed by atoms with Gasteiger partial charge in [0, 0.05) is 24.4 Å². The highest BCUT2D eigenvalue weighted by Gasteiger charge is 2.40. The smallest absolute Gasteiger partial charge is 0.424 e. The predicted molar refractivity (Wildman–Crippen MR) is 179 cm³/mol. The summed E-state index contributed by atoms with van der Waals surface area (Å²) in [6.07, 6.45) is -0.823. The highest BCUT2D eigenvalue weighted by atomic mass is 35.5. The van der Waals surface area contributed by atoms with E-state index in [0.29, 0.717) is 10.7 Å². The quantitative estimate of drug-likeness (QED) is 0.189. The number of pyridine rings is 1. The standard InChI is InChI=1S/C32H44ClN5O9S/c1-18(2)19(3)27(45-26(39)25(31(4,5)6)35-29(40)47-32(7,8)9)46-30(41)38(28-34-24-15-12-20(33)17-37(24)36-28)22-14-13-21(48(11,42)43)16-23(22)44-10/h12-19,25,27H,1-11H3,(H,35,40). The van der Waals surface area contributed by atoms with E-state index in [1.54, 1.807) is 60.6 Å². The average molecular weight is 710 g/mol. The molecule has 0 saturated heterocycles. The van der Waals surface area contributed by atoms with Gasteiger partial charge in [-0.15, -0.1) is 5.10 Å². The van der Waals surface area contributed by atoms with E-state index in [-0.39, 0.29) is 28.2 Å². The summed E-state index contributed by atoms with van der Waals surface area (Å²) >= 11 is 6.14. The van der Waals surface area contributed by atoms with Crippen molar-refractivity contribution in [3.05, 3.63) is 41.6 Å². The Morgan fingerprint density at radius 1 is 1.00 bits per heavy atom. The molecule has 0 radical (unpaired) electrons. The lowest BCUT2D eigenvalue weighted by Gasteiger charge is -2.34. The number of halogens is 1. The Kier molecular flexibility index (Phi) is 11.6. The third-order valence-electron chi connectivity index (χ3n) is 7.18. The number of rotatable bonds is 10. The molecule has 3 unspecified atom stereocenters. The molecule has 264 valence electrons. The number of anilines is 2. The lowest BCUT2D eigenvalue weighted by atomic mass is 9.87. The maximum Gasteiger partial charge on any atom is 0.424 e. The summed E-state index contributed by atoms with van der Waals surface area (Å²) in [7, 11) is -2.34. The van der Waals surface area contributed by atoms with Crippen LogP contribution in [0.15, 0.2) is 41.4 Å². The normalized spacial score (nSPS) is 14.2. The lowest BCUT2D eigenvalue weighted by molar-refractivity contribution is -0.183. The fourth-order valence-electron chi connectivity index (χ4n) is 4.24. The molecule has 0 saturated carbocycles. The number of alkyl carbamates (subject to hydrolysis) is 1. The number of carbonyl (C=O) groups excluding carboxylic acids is 3. The van der Waals surface area contributed by atoms with Crippen LogP contribution < -0.4 is 15.0 Å². The minimum absolute atomic E-state index is 0.00780. The molecule has 1 aromatic carbocycles. The molecule has 0 spiro atoms. The molecule has 0 aliphatic rings. The van der Waals surface area contributed by atoms with Gasteiger partial charge in [-0.05, 0) is 56.4 Å². The maximum absolute atomic E-state index is 14.2. The summed E-state index contributed by atoms with van der Waals surface area (Å²) in [6.45, 7) is 15.7. The van der Waals surface area contributed by atoms with Gasteiger partial charge in [0.25, 0.3) is 12.2 Å². The van der Waals surface area contributed by atoms with Gasteiger partial charge in [0.15, 0.2) is 15.5 Å². The Morgan fingerprint density at radius 2 is 1.65 bits per heavy atom. The summed E-state index contributed by atoms with van der Waals surface area (Å²) in [5, 5.41) is 7.33. The molecule has 1 N–H and O–H groups in total. The molecule has 48 heavy (non-hydrogen) atoms. The number of esters is 1. The number of hydrogen-bond donors (Lipinski definition) is 1. The highest BCUT2D eigenvalue weighted by Crippen LogP contribution is 2.36. The van der Waals surface area contributed by atoms with Gasteiger partial charge < -0.3 is 24.3 Å². The molecule has 3 aromatic rings. The number of aromatic nitrogens is 3. The molecular weight excluding hydrogens is 666 g/mol. The summed E-state index contributed by atoms with van der Waals surface area (Å²) in [5.74, 6) is -1.72. The number of fused-ring (bicyclic) bond motifs is 1. The SMILES string of the molecule is COc1cc(S(C)(=O)=O)ccc1N(C(=O)OC(OC(=O)C(NC(=O)OC(C)(C)C)C(C)(C)C)C(C)C(C)C)c1nc2ccc(Cl)cn2n1. The van der Waals surface area contributed by atoms with Crippen molar-refractivity contribution in [2.45, 2.75) is 85.1 Å². The molecule has 0 fully saturated rings. The molecular formula is C32H44ClN5O9S. The van der Waals surface area contributed by atoms with Crippen LogP contribution in [0.1, 0.15) is 62.3 Å². The number of ether oxygens (including phenoxy) is 4. The maximum atomic E-state index is 14.2. The minimum atomic E-state index is -3.64. The van der Waals surface area contributed by atoms with Crippen molar-refractivity contribution in [2.75, 3.05) is 18.3 Å². The molecule has 14 nitrogen and oxygen atoms in total. The average Bonchev–Trinajstić information content (AvgIpc) is 3.35. The molecule has 0 aliphatic heterocycles. The number of hydrogen-bond acceptors (Lipinski definition) is 11. The highest BCUT2D eigenvalue weighted by molar-refractivity contribution is 7.90. The van der Waals surface area contributed by atoms with E-state index < -0.39 is 57.3 Å². The second-order valence-electron chi connectivity index (χ2n) is 13.7. The van der Waals surface area contributed by atoms with Crippen LogP contribution in [0.2, 0.25) is 5.02 Å². The third kappa shape index (κ3) is 9.72. The topological polar surface area (TPSA) is 168 Å². The van der Waals surface area contributed by atoms with Crippen LogP contribution in [-0.4, -0.2) is 72.5 Å². The Labute approximate surface area is 285 Å². The Morgan fingerprint density at radius 3 is 2.19 bits per heavy atom. The second kappa shape index (κ2) is 14.6. The number of nitrogens with zero attached hydrogens (tertiary/aromatic N) is 4. The van der Waals surface area contributed by atoms with Gasteiger partial charge in [-0.2, -0.15) is 4.98 Å². The Hall–Kier alpha value is -4.11. The van der Waals surface area contributed by atoms with Crippen LogP contribution in [0.25, 0.3) is 5.65 Å². The van der Waals surface area contributed by atoms with Crippen molar-refractivity contribution in [3.63, 3.8) is 0 Å². The van der Waals surface area contributed by atoms with Crippen LogP contribution in [0.5, 0.6) is 5.75 Å². The Bertz CT molecular complexity index is 1760. The zero-order valence-corrected chi connectivity index (χ0v) is 30.6. The predicted octanol–water partition coefficient (Wildman–Crippen LogP) is 6.17. The van der Waals surface area contributed by atoms with Crippen molar-refractivity contribution in [1.82, 2.24) is 19.9 Å². The first-order chi connectivity index (χ1) is 22.0. The van der Waals surface area contributed by atoms with Gasteiger partial charge in [-0.3, -0.25) is 0 Å². The van der Waals surface area contributed by atoms with Crippen LogP contribution in [0, 0.1) is 17.3 Å². The first-order valence-electron chi connectivity index (χ1n) is 15.1. The molecule has 3 rings (SSSR count). The van der Waals surface area contributed by atoms with E-state index in [9.17, 15) is 22.8 Å². The lowest BCUT2D eigenvalue weighted by Crippen LogP contribution is -2.52. The number of amides is 2. The van der Waals surface area contributed by atoms with E-state index in [1.165, 1.54) is 36.0 Å². The van der Waals surface area contributed by atoms with Crippen molar-refractivity contribution in [2.24, 2.45) is 17.3 Å². The number of methoxy groups -OCH3 is 1. The molecule has 0 bridgehead atoms. The molecule has 2 heterocycles. The van der Waals surface area contributed by atoms with Gasteiger partial charge >= 0.3 is 18.2 Å². The monoisotopic (exact) mass is 709 g/mol. The molecule has 2 amide bonds. The number of benzene rings is 1. The largest absolute Gasteiger partial charge is 0.495 e. The van der Waals surface area contributed by atoms with Crippen molar-refractivity contribution < 1.29 is 41.7 Å². The summed E-state index contributed by atoms with van der Waals surface area (Å²) in [6, 6.07) is 5.89. The van der Waals surface area contributed by atoms with Gasteiger partial charge in [0.05, 0.1) is 22.7 Å². The first-order valence-corrected chi connectivity index (χ1v) is 17.4. The van der Waals surface area contributed by atoms with Crippen LogP contribution >= 0.6 is 11.6 Å². The molecule has 2 aromatic heterocycles. The zero-order chi connectivity index (χ0) is 36.4. The van der Waals surface area contributed by atoms with Crippen molar-refractivity contribution in [3.8, 4) is 5.75 Å². The van der Waals surface area contributed by atoms with Crippen molar-refractivity contribution >= 4 is 56.9 Å². The summed E-state index contributed by atoms with van der Waals surface area (Å²) in [5.41, 5.74) is -1.27. The second-order valence-corrected chi connectivity index (χ2v) is 16.2. The van der Waals surface area contributed by atoms with Crippen LogP contribution in [0.3, 0.4) is 0 Å². The summed E-state index contributed by atoms with van der Waals surface area (Å²) < 4.78 is 48.5.